The number of halogens is 2. The highest BCUT2D eigenvalue weighted by Crippen LogP contribution is 2.26. The number of aryl methyl sites for hydroxylation is 1. The third-order valence-corrected chi connectivity index (χ3v) is 4.19. The minimum Gasteiger partial charge on any atom is -0.296 e. The van der Waals surface area contributed by atoms with Gasteiger partial charge in [0.05, 0.1) is 16.5 Å². The van der Waals surface area contributed by atoms with Crippen LogP contribution in [0, 0.1) is 12.8 Å². The number of pyridine rings is 1. The van der Waals surface area contributed by atoms with Gasteiger partial charge in [-0.05, 0) is 19.1 Å². The molecule has 0 bridgehead atoms. The molecule has 0 spiro atoms. The van der Waals surface area contributed by atoms with Crippen molar-refractivity contribution in [1.82, 2.24) is 4.98 Å². The summed E-state index contributed by atoms with van der Waals surface area (Å²) in [6, 6.07) is 3.20. The van der Waals surface area contributed by atoms with Crippen molar-refractivity contribution in [2.24, 2.45) is 5.92 Å². The van der Waals surface area contributed by atoms with Gasteiger partial charge in [-0.3, -0.25) is 9.69 Å². The van der Waals surface area contributed by atoms with Crippen LogP contribution in [-0.2, 0) is 15.0 Å². The Hall–Kier alpha value is -1.21. The van der Waals surface area contributed by atoms with Gasteiger partial charge in [0.2, 0.25) is 5.91 Å². The van der Waals surface area contributed by atoms with E-state index in [9.17, 15) is 17.1 Å². The number of aromatic nitrogens is 1. The molecule has 1 aliphatic heterocycles. The maximum absolute atomic E-state index is 12.6. The van der Waals surface area contributed by atoms with Gasteiger partial charge in [0.15, 0.2) is 0 Å². The lowest BCUT2D eigenvalue weighted by molar-refractivity contribution is -0.117. The lowest BCUT2D eigenvalue weighted by Gasteiger charge is -2.16. The molecule has 1 aromatic heterocycles. The van der Waals surface area contributed by atoms with Crippen molar-refractivity contribution in [2.45, 2.75) is 13.3 Å². The van der Waals surface area contributed by atoms with Crippen LogP contribution in [0.2, 0.25) is 5.02 Å². The number of carbonyl (C=O) groups excluding carboxylic acids is 1. The molecule has 1 amide bonds. The van der Waals surface area contributed by atoms with E-state index in [4.69, 9.17) is 11.6 Å². The van der Waals surface area contributed by atoms with Gasteiger partial charge >= 0.3 is 10.2 Å². The molecule has 1 saturated heterocycles. The molecule has 8 heteroatoms. The van der Waals surface area contributed by atoms with E-state index in [0.29, 0.717) is 16.5 Å². The zero-order valence-electron chi connectivity index (χ0n) is 10.1. The van der Waals surface area contributed by atoms with Gasteiger partial charge in [-0.15, -0.1) is 3.89 Å². The Bertz CT molecular complexity index is 620. The van der Waals surface area contributed by atoms with Crippen molar-refractivity contribution in [3.63, 3.8) is 0 Å². The minimum absolute atomic E-state index is 0.00645. The summed E-state index contributed by atoms with van der Waals surface area (Å²) >= 11 is 5.84. The Morgan fingerprint density at radius 3 is 2.79 bits per heavy atom. The average Bonchev–Trinajstić information content (AvgIpc) is 2.61. The fraction of sp³-hybridized carbons (Fsp3) is 0.455. The number of amides is 1. The molecule has 2 rings (SSSR count). The largest absolute Gasteiger partial charge is 0.302 e. The Morgan fingerprint density at radius 1 is 1.53 bits per heavy atom. The molecule has 0 N–H and O–H groups in total. The molecular formula is C11H12ClFN2O3S. The second-order valence-corrected chi connectivity index (χ2v) is 6.33. The van der Waals surface area contributed by atoms with Crippen LogP contribution in [0.25, 0.3) is 0 Å². The van der Waals surface area contributed by atoms with Gasteiger partial charge in [0.25, 0.3) is 0 Å². The predicted octanol–water partition coefficient (Wildman–Crippen LogP) is 1.70. The monoisotopic (exact) mass is 306 g/mol. The van der Waals surface area contributed by atoms with Crippen LogP contribution in [0.15, 0.2) is 12.1 Å². The summed E-state index contributed by atoms with van der Waals surface area (Å²) in [7, 11) is -4.57. The minimum atomic E-state index is -4.57. The highest BCUT2D eigenvalue weighted by molar-refractivity contribution is 7.86. The van der Waals surface area contributed by atoms with Gasteiger partial charge in [-0.2, -0.15) is 8.42 Å². The number of nitrogens with zero attached hydrogens (tertiary/aromatic N) is 2. The van der Waals surface area contributed by atoms with Crippen LogP contribution in [-0.4, -0.2) is 31.6 Å². The molecule has 0 radical (unpaired) electrons. The van der Waals surface area contributed by atoms with Crippen molar-refractivity contribution in [2.75, 3.05) is 17.2 Å². The first-order valence-electron chi connectivity index (χ1n) is 5.62. The summed E-state index contributed by atoms with van der Waals surface area (Å²) in [5.74, 6) is -1.03. The highest BCUT2D eigenvalue weighted by Gasteiger charge is 2.34. The quantitative estimate of drug-likeness (QED) is 0.797. The maximum Gasteiger partial charge on any atom is 0.302 e. The number of carbonyl (C=O) groups is 1. The van der Waals surface area contributed by atoms with Crippen LogP contribution in [0.4, 0.5) is 9.70 Å². The van der Waals surface area contributed by atoms with Gasteiger partial charge in [0.1, 0.15) is 5.82 Å². The van der Waals surface area contributed by atoms with Crippen molar-refractivity contribution in [3.05, 3.63) is 22.8 Å². The smallest absolute Gasteiger partial charge is 0.296 e. The van der Waals surface area contributed by atoms with Crippen LogP contribution in [0.5, 0.6) is 0 Å². The highest BCUT2D eigenvalue weighted by atomic mass is 35.5. The molecule has 1 aliphatic rings. The summed E-state index contributed by atoms with van der Waals surface area (Å²) < 4.78 is 33.8. The fourth-order valence-electron chi connectivity index (χ4n) is 2.08. The Balaban J connectivity index is 2.18. The van der Waals surface area contributed by atoms with Crippen molar-refractivity contribution >= 4 is 33.5 Å². The number of hydrogen-bond acceptors (Lipinski definition) is 4. The average molecular weight is 307 g/mol. The van der Waals surface area contributed by atoms with Crippen LogP contribution < -0.4 is 4.90 Å². The van der Waals surface area contributed by atoms with Crippen LogP contribution in [0.3, 0.4) is 0 Å². The van der Waals surface area contributed by atoms with Gasteiger partial charge in [0, 0.05) is 18.9 Å². The molecule has 19 heavy (non-hydrogen) atoms. The van der Waals surface area contributed by atoms with Crippen LogP contribution in [0.1, 0.15) is 12.1 Å². The zero-order chi connectivity index (χ0) is 14.2. The normalized spacial score (nSPS) is 20.1. The Kier molecular flexibility index (Phi) is 3.78. The van der Waals surface area contributed by atoms with Gasteiger partial charge in [-0.1, -0.05) is 11.6 Å². The van der Waals surface area contributed by atoms with Crippen molar-refractivity contribution in [3.8, 4) is 0 Å². The molecule has 0 saturated carbocycles. The first-order valence-corrected chi connectivity index (χ1v) is 7.55. The molecule has 1 atom stereocenters. The molecule has 104 valence electrons. The molecule has 1 aromatic rings. The number of rotatable bonds is 3. The maximum atomic E-state index is 12.6. The molecule has 2 heterocycles. The third kappa shape index (κ3) is 3.42. The van der Waals surface area contributed by atoms with Gasteiger partial charge in [-0.25, -0.2) is 4.98 Å². The second kappa shape index (κ2) is 5.05. The van der Waals surface area contributed by atoms with Crippen molar-refractivity contribution in [1.29, 1.82) is 0 Å². The topological polar surface area (TPSA) is 67.3 Å². The van der Waals surface area contributed by atoms with Crippen molar-refractivity contribution < 1.29 is 17.1 Å². The van der Waals surface area contributed by atoms with E-state index < -0.39 is 21.9 Å². The van der Waals surface area contributed by atoms with E-state index in [1.807, 2.05) is 0 Å². The molecule has 1 fully saturated rings. The number of hydrogen-bond donors (Lipinski definition) is 0. The van der Waals surface area contributed by atoms with E-state index in [2.05, 4.69) is 4.98 Å². The molecule has 0 aliphatic carbocycles. The van der Waals surface area contributed by atoms with Gasteiger partial charge < -0.3 is 0 Å². The lowest BCUT2D eigenvalue weighted by Crippen LogP contribution is -2.26. The fourth-order valence-corrected chi connectivity index (χ4v) is 2.97. The summed E-state index contributed by atoms with van der Waals surface area (Å²) in [6.45, 7) is 1.85. The standard InChI is InChI=1S/C11H12ClFN2O3S/c1-7-9(12)2-3-10(14-7)15-5-8(4-11(15)16)6-19(13,17)18/h2-3,8H,4-6H2,1H3. The summed E-state index contributed by atoms with van der Waals surface area (Å²) in [5.41, 5.74) is 0.577. The zero-order valence-corrected chi connectivity index (χ0v) is 11.7. The summed E-state index contributed by atoms with van der Waals surface area (Å²) in [4.78, 5) is 17.3. The summed E-state index contributed by atoms with van der Waals surface area (Å²) in [6.07, 6.45) is 0.00645. The summed E-state index contributed by atoms with van der Waals surface area (Å²) in [5, 5.41) is 0.485. The molecule has 5 nitrogen and oxygen atoms in total. The number of anilines is 1. The Labute approximate surface area is 115 Å². The SMILES string of the molecule is Cc1nc(N2CC(CS(=O)(=O)F)CC2=O)ccc1Cl. The molecular weight excluding hydrogens is 295 g/mol. The van der Waals surface area contributed by atoms with Crippen LogP contribution >= 0.6 is 11.6 Å². The predicted molar refractivity (Wildman–Crippen MR) is 69.3 cm³/mol. The lowest BCUT2D eigenvalue weighted by atomic mass is 10.1. The first kappa shape index (κ1) is 14.2. The Morgan fingerprint density at radius 2 is 2.21 bits per heavy atom. The van der Waals surface area contributed by atoms with E-state index in [-0.39, 0.29) is 18.9 Å². The third-order valence-electron chi connectivity index (χ3n) is 2.92. The van der Waals surface area contributed by atoms with E-state index in [1.54, 1.807) is 19.1 Å². The molecule has 1 unspecified atom stereocenters. The second-order valence-electron chi connectivity index (χ2n) is 4.52. The van der Waals surface area contributed by atoms with E-state index in [0.717, 1.165) is 0 Å². The molecule has 0 aromatic carbocycles. The van der Waals surface area contributed by atoms with E-state index in [1.165, 1.54) is 4.90 Å². The van der Waals surface area contributed by atoms with E-state index >= 15 is 0 Å². The first-order chi connectivity index (χ1) is 8.76.